The first kappa shape index (κ1) is 19.4. The van der Waals surface area contributed by atoms with E-state index in [4.69, 9.17) is 16.4 Å². The maximum atomic E-state index is 13.2. The van der Waals surface area contributed by atoms with Gasteiger partial charge in [0.2, 0.25) is 5.91 Å². The van der Waals surface area contributed by atoms with E-state index < -0.39 is 11.8 Å². The van der Waals surface area contributed by atoms with Crippen LogP contribution >= 0.6 is 11.6 Å². The quantitative estimate of drug-likeness (QED) is 0.596. The Bertz CT molecular complexity index is 1060. The van der Waals surface area contributed by atoms with E-state index in [1.54, 1.807) is 18.2 Å². The highest BCUT2D eigenvalue weighted by Gasteiger charge is 2.38. The SMILES string of the molecule is C=CCON1C(=O)c2ccc(Cl)c3c(N4CCCC4)cc(NC(C)=O)c(c23)C1=O. The number of imide groups is 1. The van der Waals surface area contributed by atoms with Crippen LogP contribution in [0.2, 0.25) is 5.02 Å². The fraction of sp³-hybridized carbons (Fsp3) is 0.286. The van der Waals surface area contributed by atoms with Crippen LogP contribution in [0, 0.1) is 0 Å². The fourth-order valence-corrected chi connectivity index (χ4v) is 4.20. The molecule has 3 amide bonds. The first-order valence-corrected chi connectivity index (χ1v) is 9.76. The number of nitrogens with zero attached hydrogens (tertiary/aromatic N) is 2. The van der Waals surface area contributed by atoms with E-state index in [0.717, 1.165) is 31.6 Å². The van der Waals surface area contributed by atoms with Crippen molar-refractivity contribution in [2.45, 2.75) is 19.8 Å². The van der Waals surface area contributed by atoms with Crippen molar-refractivity contribution >= 4 is 51.5 Å². The Balaban J connectivity index is 2.04. The maximum Gasteiger partial charge on any atom is 0.287 e. The van der Waals surface area contributed by atoms with Gasteiger partial charge >= 0.3 is 0 Å². The minimum atomic E-state index is -0.645. The van der Waals surface area contributed by atoms with Crippen molar-refractivity contribution < 1.29 is 19.2 Å². The molecule has 0 radical (unpaired) electrons. The third kappa shape index (κ3) is 3.16. The molecule has 7 nitrogen and oxygen atoms in total. The Hall–Kier alpha value is -2.90. The topological polar surface area (TPSA) is 79.0 Å². The molecule has 8 heteroatoms. The largest absolute Gasteiger partial charge is 0.371 e. The molecule has 1 saturated heterocycles. The lowest BCUT2D eigenvalue weighted by molar-refractivity contribution is -0.114. The molecule has 0 bridgehead atoms. The number of hydrogen-bond donors (Lipinski definition) is 1. The Morgan fingerprint density at radius 1 is 1.24 bits per heavy atom. The Kier molecular flexibility index (Phi) is 5.02. The first-order chi connectivity index (χ1) is 13.9. The molecule has 0 unspecified atom stereocenters. The van der Waals surface area contributed by atoms with Crippen LogP contribution < -0.4 is 10.2 Å². The summed E-state index contributed by atoms with van der Waals surface area (Å²) in [6, 6.07) is 5.00. The molecule has 2 aliphatic rings. The van der Waals surface area contributed by atoms with Crippen LogP contribution in [0.25, 0.3) is 10.8 Å². The Labute approximate surface area is 172 Å². The van der Waals surface area contributed by atoms with Gasteiger partial charge in [0, 0.05) is 36.5 Å². The van der Waals surface area contributed by atoms with E-state index in [2.05, 4.69) is 16.8 Å². The first-order valence-electron chi connectivity index (χ1n) is 9.38. The molecule has 150 valence electrons. The second-order valence-corrected chi connectivity index (χ2v) is 7.43. The number of amides is 3. The van der Waals surface area contributed by atoms with Gasteiger partial charge < -0.3 is 10.2 Å². The molecule has 2 aliphatic heterocycles. The molecule has 1 N–H and O–H groups in total. The number of benzene rings is 2. The number of halogens is 1. The van der Waals surface area contributed by atoms with Crippen molar-refractivity contribution in [2.75, 3.05) is 29.9 Å². The van der Waals surface area contributed by atoms with Crippen molar-refractivity contribution in [1.82, 2.24) is 5.06 Å². The zero-order valence-electron chi connectivity index (χ0n) is 16.0. The van der Waals surface area contributed by atoms with E-state index in [1.807, 2.05) is 0 Å². The molecule has 4 rings (SSSR count). The van der Waals surface area contributed by atoms with Crippen LogP contribution in [-0.2, 0) is 9.63 Å². The maximum absolute atomic E-state index is 13.2. The number of hydroxylamine groups is 2. The van der Waals surface area contributed by atoms with E-state index in [0.29, 0.717) is 32.1 Å². The molecule has 0 saturated carbocycles. The lowest BCUT2D eigenvalue weighted by Gasteiger charge is -2.30. The van der Waals surface area contributed by atoms with Crippen molar-refractivity contribution in [3.8, 4) is 0 Å². The van der Waals surface area contributed by atoms with Crippen LogP contribution in [0.15, 0.2) is 30.9 Å². The monoisotopic (exact) mass is 413 g/mol. The summed E-state index contributed by atoms with van der Waals surface area (Å²) in [5.41, 5.74) is 1.63. The van der Waals surface area contributed by atoms with Crippen molar-refractivity contribution in [2.24, 2.45) is 0 Å². The summed E-state index contributed by atoms with van der Waals surface area (Å²) < 4.78 is 0. The van der Waals surface area contributed by atoms with Gasteiger partial charge in [0.15, 0.2) is 0 Å². The summed E-state index contributed by atoms with van der Waals surface area (Å²) in [6.07, 6.45) is 3.52. The molecular formula is C21H20ClN3O4. The van der Waals surface area contributed by atoms with E-state index >= 15 is 0 Å². The summed E-state index contributed by atoms with van der Waals surface area (Å²) in [6.45, 7) is 6.59. The summed E-state index contributed by atoms with van der Waals surface area (Å²) in [7, 11) is 0. The van der Waals surface area contributed by atoms with Gasteiger partial charge in [-0.1, -0.05) is 17.7 Å². The smallest absolute Gasteiger partial charge is 0.287 e. The highest BCUT2D eigenvalue weighted by molar-refractivity contribution is 6.40. The third-order valence-electron chi connectivity index (χ3n) is 5.10. The van der Waals surface area contributed by atoms with Gasteiger partial charge in [0.05, 0.1) is 28.4 Å². The zero-order chi connectivity index (χ0) is 20.7. The van der Waals surface area contributed by atoms with Gasteiger partial charge in [-0.2, -0.15) is 0 Å². The summed E-state index contributed by atoms with van der Waals surface area (Å²) >= 11 is 6.54. The number of hydrogen-bond acceptors (Lipinski definition) is 5. The van der Waals surface area contributed by atoms with Gasteiger partial charge in [0.25, 0.3) is 11.8 Å². The molecule has 0 atom stereocenters. The molecule has 2 aromatic rings. The van der Waals surface area contributed by atoms with Gasteiger partial charge in [-0.3, -0.25) is 19.2 Å². The molecule has 0 spiro atoms. The van der Waals surface area contributed by atoms with Gasteiger partial charge in [-0.05, 0) is 31.0 Å². The van der Waals surface area contributed by atoms with Crippen LogP contribution in [0.1, 0.15) is 40.5 Å². The average Bonchev–Trinajstić information content (AvgIpc) is 3.21. The van der Waals surface area contributed by atoms with Crippen molar-refractivity contribution in [3.63, 3.8) is 0 Å². The van der Waals surface area contributed by atoms with Crippen LogP contribution in [0.3, 0.4) is 0 Å². The second-order valence-electron chi connectivity index (χ2n) is 7.03. The van der Waals surface area contributed by atoms with Gasteiger partial charge in [0.1, 0.15) is 0 Å². The van der Waals surface area contributed by atoms with Crippen LogP contribution in [-0.4, -0.2) is 42.5 Å². The number of nitrogens with one attached hydrogen (secondary N) is 1. The molecular weight excluding hydrogens is 394 g/mol. The summed E-state index contributed by atoms with van der Waals surface area (Å²) in [5, 5.41) is 4.98. The lowest BCUT2D eigenvalue weighted by atomic mass is 9.92. The van der Waals surface area contributed by atoms with Gasteiger partial charge in [-0.25, -0.2) is 0 Å². The minimum absolute atomic E-state index is 0.00905. The van der Waals surface area contributed by atoms with Crippen LogP contribution in [0.4, 0.5) is 11.4 Å². The summed E-state index contributed by atoms with van der Waals surface area (Å²) in [5.74, 6) is -1.54. The normalized spacial score (nSPS) is 15.9. The average molecular weight is 414 g/mol. The Morgan fingerprint density at radius 3 is 2.62 bits per heavy atom. The molecule has 2 heterocycles. The highest BCUT2D eigenvalue weighted by atomic mass is 35.5. The fourth-order valence-electron chi connectivity index (χ4n) is 3.95. The van der Waals surface area contributed by atoms with Gasteiger partial charge in [-0.15, -0.1) is 11.6 Å². The molecule has 29 heavy (non-hydrogen) atoms. The van der Waals surface area contributed by atoms with E-state index in [-0.39, 0.29) is 18.1 Å². The summed E-state index contributed by atoms with van der Waals surface area (Å²) in [4.78, 5) is 45.5. The number of rotatable bonds is 5. The number of anilines is 2. The Morgan fingerprint density at radius 2 is 1.97 bits per heavy atom. The number of carbonyl (C=O) groups is 3. The molecule has 0 aromatic heterocycles. The molecule has 2 aromatic carbocycles. The standard InChI is InChI=1S/C21H20ClN3O4/c1-3-10-29-25-20(27)13-6-7-14(22)18-16(24-8-4-5-9-24)11-15(23-12(2)26)19(17(13)18)21(25)28/h3,6-7,11H,1,4-5,8-10H2,2H3,(H,23,26). The predicted octanol–water partition coefficient (Wildman–Crippen LogP) is 3.77. The van der Waals surface area contributed by atoms with Crippen molar-refractivity contribution in [1.29, 1.82) is 0 Å². The van der Waals surface area contributed by atoms with Crippen LogP contribution in [0.5, 0.6) is 0 Å². The second kappa shape index (κ2) is 7.50. The zero-order valence-corrected chi connectivity index (χ0v) is 16.7. The van der Waals surface area contributed by atoms with Crippen molar-refractivity contribution in [3.05, 3.63) is 47.0 Å². The highest BCUT2D eigenvalue weighted by Crippen LogP contribution is 2.44. The van der Waals surface area contributed by atoms with E-state index in [1.165, 1.54) is 13.0 Å². The minimum Gasteiger partial charge on any atom is -0.371 e. The van der Waals surface area contributed by atoms with E-state index in [9.17, 15) is 14.4 Å². The third-order valence-corrected chi connectivity index (χ3v) is 5.42. The molecule has 0 aliphatic carbocycles. The lowest BCUT2D eigenvalue weighted by Crippen LogP contribution is -2.41. The predicted molar refractivity (Wildman–Crippen MR) is 111 cm³/mol. The molecule has 1 fully saturated rings. The number of carbonyl (C=O) groups excluding carboxylic acids is 3.